The molecule has 0 saturated carbocycles. The molecule has 0 bridgehead atoms. The van der Waals surface area contributed by atoms with E-state index in [1.165, 1.54) is 32.1 Å². The molecule has 8 heteroatoms. The molecule has 3 rings (SSSR count). The number of rotatable bonds is 6. The lowest BCUT2D eigenvalue weighted by atomic mass is 10.2. The number of methoxy groups -OCH3 is 3. The number of hydrogen-bond donors (Lipinski definition) is 1. The first-order valence-corrected chi connectivity index (χ1v) is 8.75. The average Bonchev–Trinajstić information content (AvgIpc) is 2.74. The van der Waals surface area contributed by atoms with Gasteiger partial charge in [-0.1, -0.05) is 17.7 Å². The molecule has 1 N–H and O–H groups in total. The van der Waals surface area contributed by atoms with E-state index in [4.69, 9.17) is 14.2 Å². The van der Waals surface area contributed by atoms with E-state index < -0.39 is 11.3 Å². The maximum atomic E-state index is 12.7. The summed E-state index contributed by atoms with van der Waals surface area (Å²) in [7, 11) is 4.46. The van der Waals surface area contributed by atoms with Crippen LogP contribution in [0.5, 0.6) is 17.4 Å². The van der Waals surface area contributed by atoms with Crippen molar-refractivity contribution in [1.29, 1.82) is 0 Å². The number of aromatic nitrogens is 2. The second-order valence-electron chi connectivity index (χ2n) is 6.17. The monoisotopic (exact) mass is 395 g/mol. The van der Waals surface area contributed by atoms with Crippen molar-refractivity contribution in [3.05, 3.63) is 70.0 Å². The molecule has 0 radical (unpaired) electrons. The first-order chi connectivity index (χ1) is 14.0. The number of hydrogen-bond acceptors (Lipinski definition) is 6. The van der Waals surface area contributed by atoms with Gasteiger partial charge in [0.05, 0.1) is 33.1 Å². The van der Waals surface area contributed by atoms with E-state index in [1.807, 2.05) is 19.1 Å². The fourth-order valence-corrected chi connectivity index (χ4v) is 2.71. The summed E-state index contributed by atoms with van der Waals surface area (Å²) >= 11 is 0. The summed E-state index contributed by atoms with van der Waals surface area (Å²) in [4.78, 5) is 25.1. The molecular formula is C21H21N3O5. The fourth-order valence-electron chi connectivity index (χ4n) is 2.71. The van der Waals surface area contributed by atoms with Crippen molar-refractivity contribution in [3.8, 4) is 23.1 Å². The van der Waals surface area contributed by atoms with Crippen LogP contribution in [0.3, 0.4) is 0 Å². The summed E-state index contributed by atoms with van der Waals surface area (Å²) in [5, 5.41) is 6.91. The van der Waals surface area contributed by atoms with E-state index in [0.29, 0.717) is 22.9 Å². The van der Waals surface area contributed by atoms with Crippen molar-refractivity contribution in [2.75, 3.05) is 26.6 Å². The molecule has 2 aromatic carbocycles. The molecule has 0 atom stereocenters. The predicted molar refractivity (Wildman–Crippen MR) is 109 cm³/mol. The van der Waals surface area contributed by atoms with E-state index >= 15 is 0 Å². The first kappa shape index (κ1) is 19.9. The van der Waals surface area contributed by atoms with Gasteiger partial charge in [-0.3, -0.25) is 9.59 Å². The molecular weight excluding hydrogens is 374 g/mol. The highest BCUT2D eigenvalue weighted by atomic mass is 16.5. The molecule has 0 unspecified atom stereocenters. The Morgan fingerprint density at radius 2 is 1.62 bits per heavy atom. The molecule has 0 spiro atoms. The Labute approximate surface area is 167 Å². The van der Waals surface area contributed by atoms with Crippen LogP contribution in [0, 0.1) is 6.92 Å². The molecule has 8 nitrogen and oxygen atoms in total. The number of nitrogens with zero attached hydrogens (tertiary/aromatic N) is 2. The summed E-state index contributed by atoms with van der Waals surface area (Å²) in [5.41, 5.74) is 1.34. The fraction of sp³-hybridized carbons (Fsp3) is 0.190. The van der Waals surface area contributed by atoms with Gasteiger partial charge in [-0.15, -0.1) is 0 Å². The van der Waals surface area contributed by atoms with Crippen molar-refractivity contribution in [1.82, 2.24) is 9.78 Å². The highest BCUT2D eigenvalue weighted by molar-refractivity contribution is 6.02. The van der Waals surface area contributed by atoms with Gasteiger partial charge in [-0.25, -0.2) is 0 Å². The van der Waals surface area contributed by atoms with Crippen LogP contribution in [0.15, 0.2) is 53.3 Å². The van der Waals surface area contributed by atoms with Crippen molar-refractivity contribution in [2.45, 2.75) is 6.92 Å². The molecule has 29 heavy (non-hydrogen) atoms. The van der Waals surface area contributed by atoms with Gasteiger partial charge in [0.2, 0.25) is 11.3 Å². The standard InChI is InChI=1S/C21H21N3O5/c1-13-5-7-14(8-6-13)22-21(26)20-16(25)12-19(29-4)24(23-20)15-9-10-17(27-2)18(11-15)28-3/h5-12H,1-4H3,(H,22,26). The lowest BCUT2D eigenvalue weighted by molar-refractivity contribution is 0.101. The van der Waals surface area contributed by atoms with Crippen molar-refractivity contribution in [3.63, 3.8) is 0 Å². The quantitative estimate of drug-likeness (QED) is 0.690. The lowest BCUT2D eigenvalue weighted by Gasteiger charge is -2.14. The normalized spacial score (nSPS) is 10.3. The molecule has 1 aromatic heterocycles. The van der Waals surface area contributed by atoms with Gasteiger partial charge in [0.1, 0.15) is 0 Å². The molecule has 0 aliphatic heterocycles. The average molecular weight is 395 g/mol. The van der Waals surface area contributed by atoms with Crippen LogP contribution in [0.1, 0.15) is 16.1 Å². The zero-order chi connectivity index (χ0) is 21.0. The third kappa shape index (κ3) is 4.21. The summed E-state index contributed by atoms with van der Waals surface area (Å²) in [6, 6.07) is 13.5. The maximum absolute atomic E-state index is 12.7. The minimum absolute atomic E-state index is 0.175. The van der Waals surface area contributed by atoms with Gasteiger partial charge in [-0.05, 0) is 31.2 Å². The van der Waals surface area contributed by atoms with E-state index in [2.05, 4.69) is 10.4 Å². The second kappa shape index (κ2) is 8.47. The van der Waals surface area contributed by atoms with Crippen LogP contribution in [0.4, 0.5) is 5.69 Å². The van der Waals surface area contributed by atoms with Crippen LogP contribution in [-0.2, 0) is 0 Å². The van der Waals surface area contributed by atoms with Crippen molar-refractivity contribution >= 4 is 11.6 Å². The third-order valence-corrected chi connectivity index (χ3v) is 4.24. The Kier molecular flexibility index (Phi) is 5.82. The summed E-state index contributed by atoms with van der Waals surface area (Å²) in [6.07, 6.45) is 0. The first-order valence-electron chi connectivity index (χ1n) is 8.75. The van der Waals surface area contributed by atoms with Crippen LogP contribution >= 0.6 is 0 Å². The Bertz CT molecular complexity index is 1090. The number of carbonyl (C=O) groups excluding carboxylic acids is 1. The Balaban J connectivity index is 2.03. The molecule has 150 valence electrons. The SMILES string of the molecule is COc1ccc(-n2nc(C(=O)Nc3ccc(C)cc3)c(=O)cc2OC)cc1OC. The highest BCUT2D eigenvalue weighted by Gasteiger charge is 2.18. The number of benzene rings is 2. The zero-order valence-electron chi connectivity index (χ0n) is 16.6. The van der Waals surface area contributed by atoms with Crippen LogP contribution in [0.25, 0.3) is 5.69 Å². The molecule has 1 amide bonds. The zero-order valence-corrected chi connectivity index (χ0v) is 16.6. The number of amides is 1. The summed E-state index contributed by atoms with van der Waals surface area (Å²) < 4.78 is 17.2. The topological polar surface area (TPSA) is 91.7 Å². The second-order valence-corrected chi connectivity index (χ2v) is 6.17. The minimum atomic E-state index is -0.615. The van der Waals surface area contributed by atoms with E-state index in [1.54, 1.807) is 30.3 Å². The molecule has 0 aliphatic carbocycles. The van der Waals surface area contributed by atoms with Gasteiger partial charge in [0.25, 0.3) is 5.91 Å². The van der Waals surface area contributed by atoms with E-state index in [0.717, 1.165) is 5.56 Å². The molecule has 1 heterocycles. The summed E-state index contributed by atoms with van der Waals surface area (Å²) in [6.45, 7) is 1.94. The van der Waals surface area contributed by atoms with Crippen molar-refractivity contribution in [2.24, 2.45) is 0 Å². The van der Waals surface area contributed by atoms with Gasteiger partial charge < -0.3 is 19.5 Å². The number of ether oxygens (including phenoxy) is 3. The van der Waals surface area contributed by atoms with Crippen molar-refractivity contribution < 1.29 is 19.0 Å². The van der Waals surface area contributed by atoms with E-state index in [9.17, 15) is 9.59 Å². The molecule has 3 aromatic rings. The maximum Gasteiger partial charge on any atom is 0.280 e. The molecule has 0 fully saturated rings. The Morgan fingerprint density at radius 3 is 2.24 bits per heavy atom. The smallest absolute Gasteiger partial charge is 0.280 e. The van der Waals surface area contributed by atoms with Gasteiger partial charge in [0.15, 0.2) is 17.2 Å². The number of anilines is 1. The van der Waals surface area contributed by atoms with E-state index in [-0.39, 0.29) is 11.6 Å². The lowest BCUT2D eigenvalue weighted by Crippen LogP contribution is -2.26. The number of carbonyl (C=O) groups is 1. The Hall–Kier alpha value is -3.81. The van der Waals surface area contributed by atoms with Crippen LogP contribution in [0.2, 0.25) is 0 Å². The third-order valence-electron chi connectivity index (χ3n) is 4.24. The molecule has 0 saturated heterocycles. The number of aryl methyl sites for hydroxylation is 1. The minimum Gasteiger partial charge on any atom is -0.493 e. The Morgan fingerprint density at radius 1 is 0.931 bits per heavy atom. The van der Waals surface area contributed by atoms with Crippen LogP contribution < -0.4 is 25.0 Å². The van der Waals surface area contributed by atoms with Gasteiger partial charge >= 0.3 is 0 Å². The highest BCUT2D eigenvalue weighted by Crippen LogP contribution is 2.30. The summed E-state index contributed by atoms with van der Waals surface area (Å²) in [5.74, 6) is 0.566. The number of nitrogens with one attached hydrogen (secondary N) is 1. The molecule has 0 aliphatic rings. The van der Waals surface area contributed by atoms with Gasteiger partial charge in [0, 0.05) is 11.8 Å². The predicted octanol–water partition coefficient (Wildman–Crippen LogP) is 2.82. The largest absolute Gasteiger partial charge is 0.493 e. The van der Waals surface area contributed by atoms with Gasteiger partial charge in [-0.2, -0.15) is 9.78 Å². The van der Waals surface area contributed by atoms with Crippen LogP contribution in [-0.4, -0.2) is 37.0 Å².